The maximum absolute atomic E-state index is 13.0. The van der Waals surface area contributed by atoms with E-state index in [-0.39, 0.29) is 17.7 Å². The van der Waals surface area contributed by atoms with Gasteiger partial charge in [0.15, 0.2) is 6.10 Å². The van der Waals surface area contributed by atoms with Gasteiger partial charge in [-0.2, -0.15) is 0 Å². The average Bonchev–Trinajstić information content (AvgIpc) is 2.92. The number of nitrogens with one attached hydrogen (secondary N) is 1. The second-order valence-electron chi connectivity index (χ2n) is 8.12. The molecule has 1 aliphatic heterocycles. The SMILES string of the molecule is CC[C@H](C(=O)Nc1ccc2c(c1)CN(Cc1ccccc1)C(=O)[C@@H](C)O2)c1ccccc1. The van der Waals surface area contributed by atoms with E-state index in [9.17, 15) is 9.59 Å². The van der Waals surface area contributed by atoms with E-state index < -0.39 is 6.10 Å². The molecule has 0 unspecified atom stereocenters. The fourth-order valence-electron chi connectivity index (χ4n) is 4.10. The number of anilines is 1. The monoisotopic (exact) mass is 428 g/mol. The highest BCUT2D eigenvalue weighted by molar-refractivity contribution is 5.96. The van der Waals surface area contributed by atoms with Crippen LogP contribution in [0.5, 0.6) is 5.75 Å². The Kier molecular flexibility index (Phi) is 6.55. The minimum atomic E-state index is -0.567. The van der Waals surface area contributed by atoms with Gasteiger partial charge in [-0.3, -0.25) is 9.59 Å². The predicted octanol–water partition coefficient (Wildman–Crippen LogP) is 5.13. The molecule has 0 fully saturated rings. The van der Waals surface area contributed by atoms with Crippen LogP contribution in [0.25, 0.3) is 0 Å². The van der Waals surface area contributed by atoms with Gasteiger partial charge in [-0.15, -0.1) is 0 Å². The van der Waals surface area contributed by atoms with Crippen molar-refractivity contribution in [3.8, 4) is 5.75 Å². The third-order valence-electron chi connectivity index (χ3n) is 5.80. The van der Waals surface area contributed by atoms with Crippen molar-refractivity contribution in [1.29, 1.82) is 0 Å². The first-order chi connectivity index (χ1) is 15.5. The van der Waals surface area contributed by atoms with Crippen molar-refractivity contribution in [2.45, 2.75) is 45.4 Å². The molecular formula is C27H28N2O3. The first kappa shape index (κ1) is 21.6. The second kappa shape index (κ2) is 9.69. The summed E-state index contributed by atoms with van der Waals surface area (Å²) >= 11 is 0. The Morgan fingerprint density at radius 2 is 1.75 bits per heavy atom. The molecule has 0 saturated heterocycles. The zero-order chi connectivity index (χ0) is 22.5. The fraction of sp³-hybridized carbons (Fsp3) is 0.259. The van der Waals surface area contributed by atoms with Crippen LogP contribution in [0, 0.1) is 0 Å². The molecule has 1 N–H and O–H groups in total. The molecule has 3 aromatic rings. The molecule has 0 radical (unpaired) electrons. The number of hydrogen-bond acceptors (Lipinski definition) is 3. The Morgan fingerprint density at radius 3 is 2.44 bits per heavy atom. The van der Waals surface area contributed by atoms with Gasteiger partial charge in [-0.1, -0.05) is 67.6 Å². The predicted molar refractivity (Wildman–Crippen MR) is 125 cm³/mol. The van der Waals surface area contributed by atoms with Crippen molar-refractivity contribution >= 4 is 17.5 Å². The van der Waals surface area contributed by atoms with E-state index in [0.29, 0.717) is 30.9 Å². The highest BCUT2D eigenvalue weighted by atomic mass is 16.5. The number of rotatable bonds is 6. The summed E-state index contributed by atoms with van der Waals surface area (Å²) in [6.45, 7) is 4.72. The molecule has 1 heterocycles. The molecular weight excluding hydrogens is 400 g/mol. The maximum atomic E-state index is 13.0. The second-order valence-corrected chi connectivity index (χ2v) is 8.12. The van der Waals surface area contributed by atoms with Gasteiger partial charge in [0, 0.05) is 24.3 Å². The van der Waals surface area contributed by atoms with Crippen molar-refractivity contribution < 1.29 is 14.3 Å². The molecule has 1 aliphatic rings. The molecule has 3 aromatic carbocycles. The molecule has 0 bridgehead atoms. The Labute approximate surface area is 189 Å². The fourth-order valence-corrected chi connectivity index (χ4v) is 4.10. The van der Waals surface area contributed by atoms with Gasteiger partial charge in [-0.25, -0.2) is 0 Å². The van der Waals surface area contributed by atoms with Gasteiger partial charge in [-0.05, 0) is 42.7 Å². The molecule has 5 heteroatoms. The number of carbonyl (C=O) groups excluding carboxylic acids is 2. The third-order valence-corrected chi connectivity index (χ3v) is 5.80. The lowest BCUT2D eigenvalue weighted by molar-refractivity contribution is -0.138. The van der Waals surface area contributed by atoms with Crippen LogP contribution in [0.1, 0.15) is 42.9 Å². The first-order valence-electron chi connectivity index (χ1n) is 11.0. The molecule has 0 aromatic heterocycles. The Balaban J connectivity index is 1.55. The third kappa shape index (κ3) is 4.83. The van der Waals surface area contributed by atoms with Crippen LogP contribution in [0.4, 0.5) is 5.69 Å². The first-order valence-corrected chi connectivity index (χ1v) is 11.0. The van der Waals surface area contributed by atoms with Crippen molar-refractivity contribution in [3.63, 3.8) is 0 Å². The molecule has 0 saturated carbocycles. The van der Waals surface area contributed by atoms with Crippen LogP contribution in [-0.4, -0.2) is 22.8 Å². The van der Waals surface area contributed by atoms with Crippen molar-refractivity contribution in [2.75, 3.05) is 5.32 Å². The standard InChI is InChI=1S/C27H28N2O3/c1-3-24(21-12-8-5-9-13-21)26(30)28-23-14-15-25-22(16-23)18-29(27(31)19(2)32-25)17-20-10-6-4-7-11-20/h4-16,19,24H,3,17-18H2,1-2H3,(H,28,30)/t19-,24+/m1/s1. The molecule has 0 aliphatic carbocycles. The minimum Gasteiger partial charge on any atom is -0.481 e. The van der Waals surface area contributed by atoms with Gasteiger partial charge in [0.2, 0.25) is 5.91 Å². The van der Waals surface area contributed by atoms with Gasteiger partial charge in [0.1, 0.15) is 5.75 Å². The molecule has 0 spiro atoms. The topological polar surface area (TPSA) is 58.6 Å². The lowest BCUT2D eigenvalue weighted by Crippen LogP contribution is -2.37. The van der Waals surface area contributed by atoms with Crippen molar-refractivity contribution in [3.05, 3.63) is 95.6 Å². The largest absolute Gasteiger partial charge is 0.481 e. The molecule has 32 heavy (non-hydrogen) atoms. The number of ether oxygens (including phenoxy) is 1. The highest BCUT2D eigenvalue weighted by Crippen LogP contribution is 2.30. The summed E-state index contributed by atoms with van der Waals surface area (Å²) in [6, 6.07) is 25.3. The zero-order valence-corrected chi connectivity index (χ0v) is 18.5. The Bertz CT molecular complexity index is 1080. The van der Waals surface area contributed by atoms with E-state index >= 15 is 0 Å². The molecule has 2 atom stereocenters. The van der Waals surface area contributed by atoms with Crippen LogP contribution in [0.3, 0.4) is 0 Å². The van der Waals surface area contributed by atoms with Gasteiger partial charge >= 0.3 is 0 Å². The average molecular weight is 429 g/mol. The number of hydrogen-bond donors (Lipinski definition) is 1. The smallest absolute Gasteiger partial charge is 0.263 e. The summed E-state index contributed by atoms with van der Waals surface area (Å²) in [5.74, 6) is 0.362. The van der Waals surface area contributed by atoms with Gasteiger partial charge in [0.25, 0.3) is 5.91 Å². The zero-order valence-electron chi connectivity index (χ0n) is 18.5. The summed E-state index contributed by atoms with van der Waals surface area (Å²) in [5.41, 5.74) is 3.64. The van der Waals surface area contributed by atoms with Crippen LogP contribution in [0.2, 0.25) is 0 Å². The van der Waals surface area contributed by atoms with E-state index in [2.05, 4.69) is 5.32 Å². The van der Waals surface area contributed by atoms with Gasteiger partial charge < -0.3 is 15.0 Å². The van der Waals surface area contributed by atoms with Crippen LogP contribution < -0.4 is 10.1 Å². The molecule has 2 amide bonds. The molecule has 4 rings (SSSR count). The summed E-state index contributed by atoms with van der Waals surface area (Å²) in [6.07, 6.45) is 0.142. The molecule has 164 valence electrons. The highest BCUT2D eigenvalue weighted by Gasteiger charge is 2.28. The quantitative estimate of drug-likeness (QED) is 0.592. The lowest BCUT2D eigenvalue weighted by Gasteiger charge is -2.22. The minimum absolute atomic E-state index is 0.0428. The summed E-state index contributed by atoms with van der Waals surface area (Å²) in [5, 5.41) is 3.05. The van der Waals surface area contributed by atoms with Crippen molar-refractivity contribution in [1.82, 2.24) is 4.90 Å². The number of benzene rings is 3. The van der Waals surface area contributed by atoms with Crippen LogP contribution in [-0.2, 0) is 22.7 Å². The van der Waals surface area contributed by atoms with Crippen LogP contribution in [0.15, 0.2) is 78.9 Å². The van der Waals surface area contributed by atoms with E-state index in [1.165, 1.54) is 0 Å². The summed E-state index contributed by atoms with van der Waals surface area (Å²) in [4.78, 5) is 27.7. The van der Waals surface area contributed by atoms with E-state index in [4.69, 9.17) is 4.74 Å². The Morgan fingerprint density at radius 1 is 1.06 bits per heavy atom. The molecule has 5 nitrogen and oxygen atoms in total. The van der Waals surface area contributed by atoms with Crippen LogP contribution >= 0.6 is 0 Å². The van der Waals surface area contributed by atoms with E-state index in [0.717, 1.165) is 16.7 Å². The summed E-state index contributed by atoms with van der Waals surface area (Å²) in [7, 11) is 0. The van der Waals surface area contributed by atoms with E-state index in [1.807, 2.05) is 85.8 Å². The summed E-state index contributed by atoms with van der Waals surface area (Å²) < 4.78 is 5.93. The van der Waals surface area contributed by atoms with Crippen molar-refractivity contribution in [2.24, 2.45) is 0 Å². The van der Waals surface area contributed by atoms with E-state index in [1.54, 1.807) is 11.8 Å². The van der Waals surface area contributed by atoms with Gasteiger partial charge in [0.05, 0.1) is 5.92 Å². The number of fused-ring (bicyclic) bond motifs is 1. The maximum Gasteiger partial charge on any atom is 0.263 e. The Hall–Kier alpha value is -3.60. The number of nitrogens with zero attached hydrogens (tertiary/aromatic N) is 1. The normalized spacial score (nSPS) is 16.5. The lowest BCUT2D eigenvalue weighted by atomic mass is 9.95. The number of carbonyl (C=O) groups is 2. The number of amides is 2.